The topological polar surface area (TPSA) is 66.6 Å². The summed E-state index contributed by atoms with van der Waals surface area (Å²) in [7, 11) is -3.31. The van der Waals surface area contributed by atoms with Crippen LogP contribution in [0.3, 0.4) is 0 Å². The fourth-order valence-electron chi connectivity index (χ4n) is 1.52. The van der Waals surface area contributed by atoms with Crippen LogP contribution in [0.1, 0.15) is 27.7 Å². The van der Waals surface area contributed by atoms with Crippen LogP contribution in [0.5, 0.6) is 0 Å². The summed E-state index contributed by atoms with van der Waals surface area (Å²) in [6, 6.07) is 0. The van der Waals surface area contributed by atoms with Gasteiger partial charge in [0.05, 0.1) is 0 Å². The molecule has 0 heterocycles. The quantitative estimate of drug-likeness (QED) is 0.683. The molecule has 1 atom stereocenters. The Balaban J connectivity index is 4.79. The highest BCUT2D eigenvalue weighted by atomic mass is 32.2. The van der Waals surface area contributed by atoms with E-state index in [0.29, 0.717) is 32.7 Å². The van der Waals surface area contributed by atoms with E-state index < -0.39 is 10.2 Å². The first-order chi connectivity index (χ1) is 7.43. The molecule has 0 bridgehead atoms. The minimum Gasteiger partial charge on any atom is -0.330 e. The number of hydrogen-bond donors (Lipinski definition) is 1. The lowest BCUT2D eigenvalue weighted by atomic mass is 10.2. The molecule has 0 spiro atoms. The molecule has 0 aromatic heterocycles. The highest BCUT2D eigenvalue weighted by Crippen LogP contribution is 2.10. The maximum Gasteiger partial charge on any atom is 0.281 e. The second-order valence-electron chi connectivity index (χ2n) is 3.88. The molecule has 0 aliphatic rings. The van der Waals surface area contributed by atoms with Crippen LogP contribution in [0.25, 0.3) is 0 Å². The molecule has 0 rings (SSSR count). The van der Waals surface area contributed by atoms with Crippen molar-refractivity contribution in [3.05, 3.63) is 0 Å². The third kappa shape index (κ3) is 4.01. The van der Waals surface area contributed by atoms with Gasteiger partial charge in [-0.15, -0.1) is 0 Å². The number of nitrogens with zero attached hydrogens (tertiary/aromatic N) is 2. The first-order valence-corrected chi connectivity index (χ1v) is 7.28. The minimum atomic E-state index is -3.31. The summed E-state index contributed by atoms with van der Waals surface area (Å²) >= 11 is 0. The SMILES string of the molecule is CCN(CC)S(=O)(=O)N(CC)CC(C)CN. The Hall–Kier alpha value is -0.170. The summed E-state index contributed by atoms with van der Waals surface area (Å²) in [6.45, 7) is 10.0. The lowest BCUT2D eigenvalue weighted by molar-refractivity contribution is 0.327. The normalized spacial score (nSPS) is 14.7. The molecule has 0 aromatic rings. The van der Waals surface area contributed by atoms with Crippen molar-refractivity contribution in [3.63, 3.8) is 0 Å². The number of rotatable bonds is 8. The van der Waals surface area contributed by atoms with Crippen LogP contribution in [0.2, 0.25) is 0 Å². The molecular formula is C10H25N3O2S. The summed E-state index contributed by atoms with van der Waals surface area (Å²) in [5.74, 6) is 0.185. The van der Waals surface area contributed by atoms with E-state index in [2.05, 4.69) is 0 Å². The van der Waals surface area contributed by atoms with Gasteiger partial charge in [-0.1, -0.05) is 27.7 Å². The highest BCUT2D eigenvalue weighted by molar-refractivity contribution is 7.86. The lowest BCUT2D eigenvalue weighted by Crippen LogP contribution is -2.45. The second-order valence-corrected chi connectivity index (χ2v) is 5.81. The lowest BCUT2D eigenvalue weighted by Gasteiger charge is -2.29. The zero-order chi connectivity index (χ0) is 12.8. The highest BCUT2D eigenvalue weighted by Gasteiger charge is 2.27. The number of nitrogens with two attached hydrogens (primary N) is 1. The van der Waals surface area contributed by atoms with Gasteiger partial charge in [0.25, 0.3) is 10.2 Å². The molecule has 0 saturated carbocycles. The van der Waals surface area contributed by atoms with Gasteiger partial charge in [0.2, 0.25) is 0 Å². The predicted octanol–water partition coefficient (Wildman–Crippen LogP) is 0.490. The van der Waals surface area contributed by atoms with E-state index in [0.717, 1.165) is 0 Å². The summed E-state index contributed by atoms with van der Waals surface area (Å²) in [6.07, 6.45) is 0. The van der Waals surface area contributed by atoms with Crippen LogP contribution in [0, 0.1) is 5.92 Å². The molecule has 0 aromatic carbocycles. The van der Waals surface area contributed by atoms with Gasteiger partial charge in [0.1, 0.15) is 0 Å². The molecule has 0 aliphatic carbocycles. The van der Waals surface area contributed by atoms with Crippen LogP contribution in [0.15, 0.2) is 0 Å². The molecular weight excluding hydrogens is 226 g/mol. The third-order valence-electron chi connectivity index (χ3n) is 2.63. The summed E-state index contributed by atoms with van der Waals surface area (Å²) < 4.78 is 27.3. The Morgan fingerprint density at radius 3 is 1.81 bits per heavy atom. The van der Waals surface area contributed by atoms with E-state index >= 15 is 0 Å². The first kappa shape index (κ1) is 15.8. The molecule has 16 heavy (non-hydrogen) atoms. The maximum atomic E-state index is 12.2. The van der Waals surface area contributed by atoms with Crippen molar-refractivity contribution in [2.45, 2.75) is 27.7 Å². The van der Waals surface area contributed by atoms with Crippen molar-refractivity contribution in [2.24, 2.45) is 11.7 Å². The fraction of sp³-hybridized carbons (Fsp3) is 1.00. The molecule has 6 heteroatoms. The van der Waals surface area contributed by atoms with E-state index in [9.17, 15) is 8.42 Å². The van der Waals surface area contributed by atoms with Gasteiger partial charge in [0, 0.05) is 26.2 Å². The molecule has 0 saturated heterocycles. The molecule has 1 unspecified atom stereocenters. The Kier molecular flexibility index (Phi) is 7.14. The van der Waals surface area contributed by atoms with E-state index in [1.807, 2.05) is 27.7 Å². The molecule has 5 nitrogen and oxygen atoms in total. The van der Waals surface area contributed by atoms with Crippen molar-refractivity contribution in [1.29, 1.82) is 0 Å². The third-order valence-corrected chi connectivity index (χ3v) is 4.86. The predicted molar refractivity (Wildman–Crippen MR) is 67.3 cm³/mol. The zero-order valence-electron chi connectivity index (χ0n) is 10.8. The Morgan fingerprint density at radius 1 is 1.06 bits per heavy atom. The van der Waals surface area contributed by atoms with Crippen molar-refractivity contribution in [2.75, 3.05) is 32.7 Å². The first-order valence-electron chi connectivity index (χ1n) is 5.89. The molecule has 0 radical (unpaired) electrons. The van der Waals surface area contributed by atoms with E-state index in [-0.39, 0.29) is 5.92 Å². The smallest absolute Gasteiger partial charge is 0.281 e. The van der Waals surface area contributed by atoms with Crippen molar-refractivity contribution in [3.8, 4) is 0 Å². The summed E-state index contributed by atoms with van der Waals surface area (Å²) in [4.78, 5) is 0. The van der Waals surface area contributed by atoms with Gasteiger partial charge in [-0.05, 0) is 12.5 Å². The Bertz CT molecular complexity index is 276. The van der Waals surface area contributed by atoms with Crippen LogP contribution in [-0.2, 0) is 10.2 Å². The van der Waals surface area contributed by atoms with Crippen LogP contribution in [-0.4, -0.2) is 49.8 Å². The Morgan fingerprint density at radius 2 is 1.50 bits per heavy atom. The van der Waals surface area contributed by atoms with Gasteiger partial charge in [0.15, 0.2) is 0 Å². The molecule has 0 fully saturated rings. The molecule has 2 N–H and O–H groups in total. The zero-order valence-corrected chi connectivity index (χ0v) is 11.6. The van der Waals surface area contributed by atoms with Crippen molar-refractivity contribution >= 4 is 10.2 Å². The number of hydrogen-bond acceptors (Lipinski definition) is 3. The van der Waals surface area contributed by atoms with E-state index in [1.54, 1.807) is 0 Å². The summed E-state index contributed by atoms with van der Waals surface area (Å²) in [5.41, 5.74) is 5.52. The Labute approximate surface area is 99.8 Å². The van der Waals surface area contributed by atoms with Crippen LogP contribution in [0.4, 0.5) is 0 Å². The fourth-order valence-corrected chi connectivity index (χ4v) is 3.27. The largest absolute Gasteiger partial charge is 0.330 e. The maximum absolute atomic E-state index is 12.2. The van der Waals surface area contributed by atoms with Gasteiger partial charge in [-0.3, -0.25) is 0 Å². The molecule has 0 aliphatic heterocycles. The second kappa shape index (κ2) is 7.21. The van der Waals surface area contributed by atoms with Gasteiger partial charge >= 0.3 is 0 Å². The van der Waals surface area contributed by atoms with Crippen molar-refractivity contribution < 1.29 is 8.42 Å². The molecule has 0 amide bonds. The van der Waals surface area contributed by atoms with Crippen LogP contribution < -0.4 is 5.73 Å². The van der Waals surface area contributed by atoms with E-state index in [4.69, 9.17) is 5.73 Å². The van der Waals surface area contributed by atoms with Crippen LogP contribution >= 0.6 is 0 Å². The van der Waals surface area contributed by atoms with Gasteiger partial charge < -0.3 is 5.73 Å². The standard InChI is InChI=1S/C10H25N3O2S/c1-5-12(6-2)16(14,15)13(7-3)9-10(4)8-11/h10H,5-9,11H2,1-4H3. The average Bonchev–Trinajstić information content (AvgIpc) is 2.26. The van der Waals surface area contributed by atoms with Gasteiger partial charge in [-0.2, -0.15) is 17.0 Å². The van der Waals surface area contributed by atoms with Gasteiger partial charge in [-0.25, -0.2) is 0 Å². The monoisotopic (exact) mass is 251 g/mol. The minimum absolute atomic E-state index is 0.185. The average molecular weight is 251 g/mol. The van der Waals surface area contributed by atoms with E-state index in [1.165, 1.54) is 8.61 Å². The van der Waals surface area contributed by atoms with Crippen molar-refractivity contribution in [1.82, 2.24) is 8.61 Å². The summed E-state index contributed by atoms with van der Waals surface area (Å²) in [5, 5.41) is 0. The molecule has 98 valence electrons.